The molecule has 1 saturated heterocycles. The fourth-order valence-corrected chi connectivity index (χ4v) is 4.38. The summed E-state index contributed by atoms with van der Waals surface area (Å²) in [7, 11) is 1.70. The number of nitrogens with one attached hydrogen (secondary N) is 1. The van der Waals surface area contributed by atoms with Gasteiger partial charge in [0.1, 0.15) is 13.2 Å². The van der Waals surface area contributed by atoms with E-state index in [9.17, 15) is 0 Å². The van der Waals surface area contributed by atoms with Gasteiger partial charge >= 0.3 is 0 Å². The molecule has 3 heteroatoms. The van der Waals surface area contributed by atoms with Gasteiger partial charge in [-0.25, -0.2) is 0 Å². The van der Waals surface area contributed by atoms with Crippen LogP contribution in [-0.2, 0) is 19.6 Å². The third-order valence-electron chi connectivity index (χ3n) is 6.10. The highest BCUT2D eigenvalue weighted by Gasteiger charge is 2.22. The van der Waals surface area contributed by atoms with Crippen LogP contribution in [0.4, 0.5) is 0 Å². The first-order valence-corrected chi connectivity index (χ1v) is 11.0. The minimum Gasteiger partial charge on any atom is -0.493 e. The van der Waals surface area contributed by atoms with Gasteiger partial charge in [0.15, 0.2) is 11.5 Å². The van der Waals surface area contributed by atoms with E-state index in [4.69, 9.17) is 9.47 Å². The zero-order valence-corrected chi connectivity index (χ0v) is 17.8. The van der Waals surface area contributed by atoms with Crippen LogP contribution in [0.25, 0.3) is 0 Å². The Hall–Kier alpha value is -2.78. The Morgan fingerprint density at radius 3 is 2.10 bits per heavy atom. The van der Waals surface area contributed by atoms with Crippen LogP contribution in [0.1, 0.15) is 29.5 Å². The lowest BCUT2D eigenvalue weighted by Gasteiger charge is -2.29. The number of hydrogen-bond acceptors (Lipinski definition) is 2. The molecule has 0 spiro atoms. The summed E-state index contributed by atoms with van der Waals surface area (Å²) in [6.07, 6.45) is 3.82. The number of likely N-dealkylation sites (tertiary alicyclic amines) is 1. The molecule has 1 N–H and O–H groups in total. The molecule has 1 heterocycles. The summed E-state index contributed by atoms with van der Waals surface area (Å²) in [4.78, 5) is 1.67. The molecule has 0 saturated carbocycles. The maximum atomic E-state index is 6.09. The normalized spacial score (nSPS) is 18.7. The molecule has 156 valence electrons. The quantitative estimate of drug-likeness (QED) is 0.607. The van der Waals surface area contributed by atoms with Crippen molar-refractivity contribution in [1.29, 1.82) is 0 Å². The summed E-state index contributed by atoms with van der Waals surface area (Å²) in [5.74, 6) is 2.44. The van der Waals surface area contributed by atoms with Crippen molar-refractivity contribution in [3.05, 3.63) is 95.6 Å². The molecular weight excluding hydrogens is 370 g/mol. The standard InChI is InChI=1S/C27H31NO2/c1-29-26-13-12-25(19-27(26)30-21-24-10-6-3-7-11-24)20-28-16-14-23(15-17-28)18-22-8-4-2-5-9-22/h2-13,19,23H,14-18,20-21H2,1H3/p+1. The third kappa shape index (κ3) is 5.64. The van der Waals surface area contributed by atoms with Crippen molar-refractivity contribution in [2.75, 3.05) is 20.2 Å². The Kier molecular flexibility index (Phi) is 7.04. The number of hydrogen-bond donors (Lipinski definition) is 1. The second-order valence-corrected chi connectivity index (χ2v) is 8.32. The van der Waals surface area contributed by atoms with Crippen LogP contribution in [-0.4, -0.2) is 20.2 Å². The van der Waals surface area contributed by atoms with Crippen LogP contribution >= 0.6 is 0 Å². The second-order valence-electron chi connectivity index (χ2n) is 8.32. The van der Waals surface area contributed by atoms with Gasteiger partial charge in [0.2, 0.25) is 0 Å². The van der Waals surface area contributed by atoms with Crippen LogP contribution in [0.3, 0.4) is 0 Å². The van der Waals surface area contributed by atoms with Crippen molar-refractivity contribution in [3.63, 3.8) is 0 Å². The summed E-state index contributed by atoms with van der Waals surface area (Å²) in [5, 5.41) is 0. The Morgan fingerprint density at radius 2 is 1.43 bits per heavy atom. The molecule has 3 aromatic carbocycles. The molecule has 0 amide bonds. The molecule has 0 aliphatic carbocycles. The summed E-state index contributed by atoms with van der Waals surface area (Å²) in [5.41, 5.74) is 3.95. The van der Waals surface area contributed by atoms with Gasteiger partial charge in [-0.05, 0) is 54.5 Å². The van der Waals surface area contributed by atoms with Crippen LogP contribution in [0.15, 0.2) is 78.9 Å². The molecule has 4 rings (SSSR count). The Morgan fingerprint density at radius 1 is 0.767 bits per heavy atom. The molecule has 0 atom stereocenters. The largest absolute Gasteiger partial charge is 0.493 e. The highest BCUT2D eigenvalue weighted by atomic mass is 16.5. The fraction of sp³-hybridized carbons (Fsp3) is 0.333. The molecule has 0 unspecified atom stereocenters. The lowest BCUT2D eigenvalue weighted by Crippen LogP contribution is -3.11. The van der Waals surface area contributed by atoms with Gasteiger partial charge in [-0.1, -0.05) is 60.7 Å². The lowest BCUT2D eigenvalue weighted by molar-refractivity contribution is -0.919. The summed E-state index contributed by atoms with van der Waals surface area (Å²) < 4.78 is 11.6. The molecule has 1 aliphatic heterocycles. The number of benzene rings is 3. The van der Waals surface area contributed by atoms with Crippen molar-refractivity contribution in [2.45, 2.75) is 32.4 Å². The van der Waals surface area contributed by atoms with Gasteiger partial charge in [0.05, 0.1) is 20.2 Å². The zero-order chi connectivity index (χ0) is 20.6. The number of ether oxygens (including phenoxy) is 2. The summed E-state index contributed by atoms with van der Waals surface area (Å²) in [6.45, 7) is 4.08. The lowest BCUT2D eigenvalue weighted by atomic mass is 9.90. The average molecular weight is 403 g/mol. The number of piperidine rings is 1. The topological polar surface area (TPSA) is 22.9 Å². The van der Waals surface area contributed by atoms with Gasteiger partial charge < -0.3 is 14.4 Å². The minimum absolute atomic E-state index is 0.554. The van der Waals surface area contributed by atoms with Crippen LogP contribution in [0.5, 0.6) is 11.5 Å². The maximum absolute atomic E-state index is 6.09. The monoisotopic (exact) mass is 402 g/mol. The van der Waals surface area contributed by atoms with E-state index in [1.54, 1.807) is 12.0 Å². The maximum Gasteiger partial charge on any atom is 0.162 e. The van der Waals surface area contributed by atoms with Gasteiger partial charge in [-0.15, -0.1) is 0 Å². The molecule has 0 radical (unpaired) electrons. The van der Waals surface area contributed by atoms with Gasteiger partial charge in [-0.3, -0.25) is 0 Å². The average Bonchev–Trinajstić information content (AvgIpc) is 2.80. The number of methoxy groups -OCH3 is 1. The highest BCUT2D eigenvalue weighted by Crippen LogP contribution is 2.29. The van der Waals surface area contributed by atoms with E-state index in [0.29, 0.717) is 6.61 Å². The van der Waals surface area contributed by atoms with Crippen molar-refractivity contribution in [2.24, 2.45) is 5.92 Å². The first-order valence-electron chi connectivity index (χ1n) is 11.0. The molecular formula is C27H32NO2+. The predicted octanol–water partition coefficient (Wildman–Crippen LogP) is 4.31. The Balaban J connectivity index is 1.32. The summed E-state index contributed by atoms with van der Waals surface area (Å²) in [6, 6.07) is 27.6. The molecule has 0 aromatic heterocycles. The van der Waals surface area contributed by atoms with E-state index in [2.05, 4.69) is 54.6 Å². The predicted molar refractivity (Wildman–Crippen MR) is 121 cm³/mol. The van der Waals surface area contributed by atoms with E-state index in [0.717, 1.165) is 29.5 Å². The molecule has 0 bridgehead atoms. The third-order valence-corrected chi connectivity index (χ3v) is 6.10. The molecule has 3 aromatic rings. The Labute approximate surface area is 180 Å². The molecule has 1 aliphatic rings. The summed E-state index contributed by atoms with van der Waals surface area (Å²) >= 11 is 0. The van der Waals surface area contributed by atoms with Crippen molar-refractivity contribution in [1.82, 2.24) is 0 Å². The van der Waals surface area contributed by atoms with E-state index in [1.165, 1.54) is 43.5 Å². The van der Waals surface area contributed by atoms with Crippen molar-refractivity contribution >= 4 is 0 Å². The Bertz CT molecular complexity index is 903. The molecule has 3 nitrogen and oxygen atoms in total. The molecule has 1 fully saturated rings. The van der Waals surface area contributed by atoms with E-state index < -0.39 is 0 Å². The van der Waals surface area contributed by atoms with Crippen LogP contribution in [0, 0.1) is 5.92 Å². The van der Waals surface area contributed by atoms with E-state index >= 15 is 0 Å². The SMILES string of the molecule is COc1ccc(C[NH+]2CCC(Cc3ccccc3)CC2)cc1OCc1ccccc1. The van der Waals surface area contributed by atoms with E-state index in [1.807, 2.05) is 24.3 Å². The van der Waals surface area contributed by atoms with Gasteiger partial charge in [0.25, 0.3) is 0 Å². The van der Waals surface area contributed by atoms with Crippen LogP contribution < -0.4 is 14.4 Å². The van der Waals surface area contributed by atoms with E-state index in [-0.39, 0.29) is 0 Å². The van der Waals surface area contributed by atoms with Crippen LogP contribution in [0.2, 0.25) is 0 Å². The first-order chi connectivity index (χ1) is 14.8. The number of quaternary nitrogens is 1. The smallest absolute Gasteiger partial charge is 0.162 e. The number of rotatable bonds is 8. The second kappa shape index (κ2) is 10.3. The fourth-order valence-electron chi connectivity index (χ4n) is 4.38. The van der Waals surface area contributed by atoms with Gasteiger partial charge in [0, 0.05) is 5.56 Å². The minimum atomic E-state index is 0.554. The van der Waals surface area contributed by atoms with Crippen molar-refractivity contribution < 1.29 is 14.4 Å². The zero-order valence-electron chi connectivity index (χ0n) is 17.8. The van der Waals surface area contributed by atoms with Gasteiger partial charge in [-0.2, -0.15) is 0 Å². The first kappa shape index (κ1) is 20.5. The molecule has 30 heavy (non-hydrogen) atoms. The highest BCUT2D eigenvalue weighted by molar-refractivity contribution is 5.43. The van der Waals surface area contributed by atoms with Crippen molar-refractivity contribution in [3.8, 4) is 11.5 Å².